The molecule has 0 aromatic heterocycles. The van der Waals surface area contributed by atoms with Gasteiger partial charge < -0.3 is 19.9 Å². The second-order valence-corrected chi connectivity index (χ2v) is 6.69. The van der Waals surface area contributed by atoms with Crippen molar-refractivity contribution in [1.29, 1.82) is 0 Å². The summed E-state index contributed by atoms with van der Waals surface area (Å²) in [5.74, 6) is 1.87. The van der Waals surface area contributed by atoms with Crippen LogP contribution in [0.1, 0.15) is 33.1 Å². The van der Waals surface area contributed by atoms with Gasteiger partial charge in [0.15, 0.2) is 0 Å². The number of nitrogens with one attached hydrogen (secondary N) is 1. The Bertz CT molecular complexity index is 315. The summed E-state index contributed by atoms with van der Waals surface area (Å²) in [6.07, 6.45) is 7.45. The predicted octanol–water partition coefficient (Wildman–Crippen LogP) is 1.98. The van der Waals surface area contributed by atoms with Crippen LogP contribution in [0.5, 0.6) is 0 Å². The molecule has 0 amide bonds. The second-order valence-electron chi connectivity index (χ2n) is 6.69. The molecule has 0 aromatic rings. The van der Waals surface area contributed by atoms with Gasteiger partial charge in [0.25, 0.3) is 0 Å². The van der Waals surface area contributed by atoms with Gasteiger partial charge in [-0.2, -0.15) is 0 Å². The SMILES string of the molecule is CC1CC=CCC1COCC(O)CNC(C)C1CCOC1. The van der Waals surface area contributed by atoms with Crippen LogP contribution in [0.3, 0.4) is 0 Å². The summed E-state index contributed by atoms with van der Waals surface area (Å²) in [6.45, 7) is 7.94. The molecule has 122 valence electrons. The minimum Gasteiger partial charge on any atom is -0.389 e. The average Bonchev–Trinajstić information content (AvgIpc) is 3.01. The highest BCUT2D eigenvalue weighted by molar-refractivity contribution is 4.93. The number of rotatable bonds is 8. The summed E-state index contributed by atoms with van der Waals surface area (Å²) >= 11 is 0. The minimum atomic E-state index is -0.427. The van der Waals surface area contributed by atoms with E-state index in [0.717, 1.165) is 39.1 Å². The Kier molecular flexibility index (Phi) is 7.17. The van der Waals surface area contributed by atoms with E-state index in [1.165, 1.54) is 0 Å². The summed E-state index contributed by atoms with van der Waals surface area (Å²) < 4.78 is 11.1. The van der Waals surface area contributed by atoms with Crippen LogP contribution >= 0.6 is 0 Å². The van der Waals surface area contributed by atoms with Crippen molar-refractivity contribution in [3.63, 3.8) is 0 Å². The molecule has 0 saturated carbocycles. The number of ether oxygens (including phenoxy) is 2. The van der Waals surface area contributed by atoms with Crippen molar-refractivity contribution < 1.29 is 14.6 Å². The fraction of sp³-hybridized carbons (Fsp3) is 0.882. The fourth-order valence-electron chi connectivity index (χ4n) is 3.09. The van der Waals surface area contributed by atoms with E-state index in [0.29, 0.717) is 36.9 Å². The quantitative estimate of drug-likeness (QED) is 0.673. The van der Waals surface area contributed by atoms with Crippen LogP contribution in [0.15, 0.2) is 12.2 Å². The summed E-state index contributed by atoms with van der Waals surface area (Å²) in [5, 5.41) is 13.4. The molecule has 5 atom stereocenters. The summed E-state index contributed by atoms with van der Waals surface area (Å²) in [7, 11) is 0. The Hall–Kier alpha value is -0.420. The number of aliphatic hydroxyl groups excluding tert-OH is 1. The molecule has 0 aromatic carbocycles. The lowest BCUT2D eigenvalue weighted by molar-refractivity contribution is 0.0113. The Labute approximate surface area is 128 Å². The Balaban J connectivity index is 1.54. The monoisotopic (exact) mass is 297 g/mol. The molecule has 2 aliphatic rings. The second kappa shape index (κ2) is 8.89. The molecule has 1 saturated heterocycles. The van der Waals surface area contributed by atoms with Crippen molar-refractivity contribution in [2.24, 2.45) is 17.8 Å². The van der Waals surface area contributed by atoms with Gasteiger partial charge in [-0.3, -0.25) is 0 Å². The van der Waals surface area contributed by atoms with Gasteiger partial charge in [-0.05, 0) is 43.9 Å². The molecule has 0 spiro atoms. The van der Waals surface area contributed by atoms with Gasteiger partial charge in [-0.15, -0.1) is 0 Å². The molecule has 4 heteroatoms. The molecule has 2 rings (SSSR count). The van der Waals surface area contributed by atoms with Crippen LogP contribution in [0, 0.1) is 17.8 Å². The molecule has 21 heavy (non-hydrogen) atoms. The zero-order valence-electron chi connectivity index (χ0n) is 13.5. The van der Waals surface area contributed by atoms with E-state index < -0.39 is 6.10 Å². The van der Waals surface area contributed by atoms with E-state index in [-0.39, 0.29) is 0 Å². The van der Waals surface area contributed by atoms with Crippen LogP contribution < -0.4 is 5.32 Å². The molecule has 4 nitrogen and oxygen atoms in total. The molecular formula is C17H31NO3. The highest BCUT2D eigenvalue weighted by Gasteiger charge is 2.23. The number of hydrogen-bond donors (Lipinski definition) is 2. The predicted molar refractivity (Wildman–Crippen MR) is 84.2 cm³/mol. The molecule has 1 fully saturated rings. The van der Waals surface area contributed by atoms with E-state index in [1.54, 1.807) is 0 Å². The van der Waals surface area contributed by atoms with Gasteiger partial charge in [0.2, 0.25) is 0 Å². The van der Waals surface area contributed by atoms with Gasteiger partial charge in [-0.25, -0.2) is 0 Å². The van der Waals surface area contributed by atoms with E-state index in [4.69, 9.17) is 9.47 Å². The van der Waals surface area contributed by atoms with Gasteiger partial charge in [-0.1, -0.05) is 19.1 Å². The molecule has 1 aliphatic carbocycles. The molecule has 1 aliphatic heterocycles. The van der Waals surface area contributed by atoms with Gasteiger partial charge in [0, 0.05) is 19.2 Å². The number of allylic oxidation sites excluding steroid dienone is 2. The first kappa shape index (κ1) is 16.9. The fourth-order valence-corrected chi connectivity index (χ4v) is 3.09. The molecule has 0 bridgehead atoms. The van der Waals surface area contributed by atoms with Crippen LogP contribution in [0.2, 0.25) is 0 Å². The van der Waals surface area contributed by atoms with Crippen molar-refractivity contribution >= 4 is 0 Å². The number of hydrogen-bond acceptors (Lipinski definition) is 4. The molecule has 0 radical (unpaired) electrons. The first-order valence-electron chi connectivity index (χ1n) is 8.38. The summed E-state index contributed by atoms with van der Waals surface area (Å²) in [4.78, 5) is 0. The van der Waals surface area contributed by atoms with Crippen LogP contribution in [0.25, 0.3) is 0 Å². The van der Waals surface area contributed by atoms with Crippen molar-refractivity contribution in [2.75, 3.05) is 33.0 Å². The van der Waals surface area contributed by atoms with Gasteiger partial charge in [0.1, 0.15) is 0 Å². The van der Waals surface area contributed by atoms with Gasteiger partial charge >= 0.3 is 0 Å². The highest BCUT2D eigenvalue weighted by Crippen LogP contribution is 2.25. The zero-order valence-corrected chi connectivity index (χ0v) is 13.5. The standard InChI is InChI=1S/C17H31NO3/c1-13-5-3-4-6-15(13)10-21-12-17(19)9-18-14(2)16-7-8-20-11-16/h3-4,13-19H,5-12H2,1-2H3. The van der Waals surface area contributed by atoms with Crippen LogP contribution in [-0.2, 0) is 9.47 Å². The van der Waals surface area contributed by atoms with Crippen LogP contribution in [0.4, 0.5) is 0 Å². The number of aliphatic hydroxyl groups is 1. The molecule has 2 N–H and O–H groups in total. The highest BCUT2D eigenvalue weighted by atomic mass is 16.5. The van der Waals surface area contributed by atoms with E-state index in [1.807, 2.05) is 0 Å². The Morgan fingerprint density at radius 1 is 1.38 bits per heavy atom. The first-order valence-corrected chi connectivity index (χ1v) is 8.38. The van der Waals surface area contributed by atoms with Crippen molar-refractivity contribution in [1.82, 2.24) is 5.32 Å². The third kappa shape index (κ3) is 5.70. The third-order valence-corrected chi connectivity index (χ3v) is 4.91. The smallest absolute Gasteiger partial charge is 0.0897 e. The van der Waals surface area contributed by atoms with Crippen LogP contribution in [-0.4, -0.2) is 50.2 Å². The Morgan fingerprint density at radius 2 is 2.19 bits per heavy atom. The Morgan fingerprint density at radius 3 is 2.90 bits per heavy atom. The van der Waals surface area contributed by atoms with Crippen molar-refractivity contribution in [3.8, 4) is 0 Å². The molecule has 5 unspecified atom stereocenters. The van der Waals surface area contributed by atoms with Crippen molar-refractivity contribution in [2.45, 2.75) is 45.3 Å². The normalized spacial score (nSPS) is 32.2. The van der Waals surface area contributed by atoms with E-state index in [2.05, 4.69) is 31.3 Å². The molecular weight excluding hydrogens is 266 g/mol. The van der Waals surface area contributed by atoms with Crippen molar-refractivity contribution in [3.05, 3.63) is 12.2 Å². The maximum Gasteiger partial charge on any atom is 0.0897 e. The average molecular weight is 297 g/mol. The maximum absolute atomic E-state index is 10.0. The molecule has 1 heterocycles. The van der Waals surface area contributed by atoms with Gasteiger partial charge in [0.05, 0.1) is 25.9 Å². The lowest BCUT2D eigenvalue weighted by Crippen LogP contribution is -2.40. The zero-order chi connectivity index (χ0) is 15.1. The summed E-state index contributed by atoms with van der Waals surface area (Å²) in [6, 6.07) is 0.394. The lowest BCUT2D eigenvalue weighted by Gasteiger charge is -2.26. The topological polar surface area (TPSA) is 50.7 Å². The minimum absolute atomic E-state index is 0.394. The summed E-state index contributed by atoms with van der Waals surface area (Å²) in [5.41, 5.74) is 0. The maximum atomic E-state index is 10.0. The van der Waals surface area contributed by atoms with E-state index >= 15 is 0 Å². The van der Waals surface area contributed by atoms with E-state index in [9.17, 15) is 5.11 Å². The third-order valence-electron chi connectivity index (χ3n) is 4.91. The largest absolute Gasteiger partial charge is 0.389 e. The first-order chi connectivity index (χ1) is 10.2. The lowest BCUT2D eigenvalue weighted by atomic mass is 9.85.